The van der Waals surface area contributed by atoms with Crippen molar-refractivity contribution in [2.75, 3.05) is 0 Å². The van der Waals surface area contributed by atoms with Crippen molar-refractivity contribution in [1.82, 2.24) is 10.9 Å². The smallest absolute Gasteiger partial charge is 0.0416 e. The van der Waals surface area contributed by atoms with Crippen molar-refractivity contribution in [3.8, 4) is 0 Å². The number of nitrogens with zero attached hydrogens (tertiary/aromatic N) is 1. The fraction of sp³-hybridized carbons (Fsp3) is 1.00. The fourth-order valence-electron chi connectivity index (χ4n) is 1.78. The van der Waals surface area contributed by atoms with Gasteiger partial charge in [-0.15, -0.1) is 0 Å². The molecule has 2 nitrogen and oxygen atoms in total. The first-order valence-electron chi connectivity index (χ1n) is 4.90. The van der Waals surface area contributed by atoms with Crippen LogP contribution in [0.1, 0.15) is 44.9 Å². The summed E-state index contributed by atoms with van der Waals surface area (Å²) in [5.41, 5.74) is 7.78. The molecule has 0 aromatic carbocycles. The minimum absolute atomic E-state index is 0.649. The van der Waals surface area contributed by atoms with Gasteiger partial charge in [-0.05, 0) is 25.7 Å². The van der Waals surface area contributed by atoms with Crippen LogP contribution in [0.3, 0.4) is 0 Å². The Hall–Kier alpha value is -0.0800. The zero-order valence-electron chi connectivity index (χ0n) is 7.05. The molecule has 0 aromatic rings. The minimum Gasteiger partial charge on any atom is -0.237 e. The summed E-state index contributed by atoms with van der Waals surface area (Å²) >= 11 is 0. The first kappa shape index (κ1) is 7.56. The monoisotopic (exact) mass is 153 g/mol. The van der Waals surface area contributed by atoms with E-state index in [1.165, 1.54) is 44.9 Å². The summed E-state index contributed by atoms with van der Waals surface area (Å²) in [4.78, 5) is 0. The van der Waals surface area contributed by atoms with Gasteiger partial charge in [-0.2, -0.15) is 5.43 Å². The van der Waals surface area contributed by atoms with Crippen LogP contribution in [0, 0.1) is 0 Å². The van der Waals surface area contributed by atoms with Gasteiger partial charge in [0, 0.05) is 12.1 Å². The molecule has 2 aliphatic rings. The summed E-state index contributed by atoms with van der Waals surface area (Å²) in [6, 6.07) is 1.38. The van der Waals surface area contributed by atoms with Gasteiger partial charge in [0.15, 0.2) is 0 Å². The Morgan fingerprint density at radius 2 is 1.64 bits per heavy atom. The summed E-state index contributed by atoms with van der Waals surface area (Å²) in [5.74, 6) is 0. The fourth-order valence-corrected chi connectivity index (χ4v) is 1.78. The van der Waals surface area contributed by atoms with Crippen LogP contribution < -0.4 is 10.9 Å². The van der Waals surface area contributed by atoms with Gasteiger partial charge in [-0.25, -0.2) is 5.43 Å². The van der Waals surface area contributed by atoms with Crippen molar-refractivity contribution in [2.24, 2.45) is 0 Å². The topological polar surface area (TPSA) is 26.1 Å². The minimum atomic E-state index is 0.649. The van der Waals surface area contributed by atoms with E-state index in [4.69, 9.17) is 0 Å². The molecule has 0 spiro atoms. The highest BCUT2D eigenvalue weighted by atomic mass is 15.4. The van der Waals surface area contributed by atoms with Crippen molar-refractivity contribution in [3.63, 3.8) is 0 Å². The third-order valence-corrected chi connectivity index (χ3v) is 2.87. The molecule has 0 atom stereocenters. The maximum absolute atomic E-state index is 4.50. The number of nitrogens with one attached hydrogen (secondary N) is 1. The van der Waals surface area contributed by atoms with E-state index in [1.54, 1.807) is 0 Å². The van der Waals surface area contributed by atoms with Gasteiger partial charge in [0.2, 0.25) is 0 Å². The largest absolute Gasteiger partial charge is 0.237 e. The second-order valence-electron chi connectivity index (χ2n) is 3.82. The van der Waals surface area contributed by atoms with Crippen molar-refractivity contribution < 1.29 is 0 Å². The average molecular weight is 153 g/mol. The number of hydrogen-bond donors (Lipinski definition) is 1. The van der Waals surface area contributed by atoms with Crippen LogP contribution in [0.4, 0.5) is 0 Å². The first-order chi connectivity index (χ1) is 5.45. The lowest BCUT2D eigenvalue weighted by atomic mass is 9.94. The molecular weight excluding hydrogens is 136 g/mol. The molecular formula is C9H17N2. The standard InChI is InChI=1S/C9H17N2/c1-2-5-8(4-1)10-11-9-6-3-7-9/h8-9,11H,1-7H2. The molecule has 0 bridgehead atoms. The molecule has 63 valence electrons. The van der Waals surface area contributed by atoms with Crippen LogP contribution in [0.15, 0.2) is 0 Å². The Morgan fingerprint density at radius 1 is 0.909 bits per heavy atom. The van der Waals surface area contributed by atoms with Crippen LogP contribution in [-0.2, 0) is 0 Å². The third-order valence-electron chi connectivity index (χ3n) is 2.87. The molecule has 0 aromatic heterocycles. The normalized spacial score (nSPS) is 27.3. The predicted molar refractivity (Wildman–Crippen MR) is 45.2 cm³/mol. The van der Waals surface area contributed by atoms with E-state index in [1.807, 2.05) is 0 Å². The maximum atomic E-state index is 4.50. The Bertz CT molecular complexity index is 115. The predicted octanol–water partition coefficient (Wildman–Crippen LogP) is 1.59. The van der Waals surface area contributed by atoms with Crippen LogP contribution in [0.25, 0.3) is 0 Å². The molecule has 1 radical (unpaired) electrons. The van der Waals surface area contributed by atoms with E-state index in [-0.39, 0.29) is 0 Å². The van der Waals surface area contributed by atoms with Gasteiger partial charge in [0.1, 0.15) is 0 Å². The van der Waals surface area contributed by atoms with E-state index in [2.05, 4.69) is 10.9 Å². The van der Waals surface area contributed by atoms with Gasteiger partial charge in [0.25, 0.3) is 0 Å². The summed E-state index contributed by atoms with van der Waals surface area (Å²) in [6.45, 7) is 0. The van der Waals surface area contributed by atoms with Crippen molar-refractivity contribution in [2.45, 2.75) is 57.0 Å². The van der Waals surface area contributed by atoms with Gasteiger partial charge in [0.05, 0.1) is 0 Å². The Kier molecular flexibility index (Phi) is 2.44. The lowest BCUT2D eigenvalue weighted by Crippen LogP contribution is -2.43. The van der Waals surface area contributed by atoms with Gasteiger partial charge >= 0.3 is 0 Å². The highest BCUT2D eigenvalue weighted by Crippen LogP contribution is 2.20. The SMILES string of the molecule is C1CCC([N]NC2CCC2)C1. The molecule has 0 heterocycles. The maximum Gasteiger partial charge on any atom is 0.0416 e. The molecule has 2 aliphatic carbocycles. The highest BCUT2D eigenvalue weighted by Gasteiger charge is 2.20. The second-order valence-corrected chi connectivity index (χ2v) is 3.82. The van der Waals surface area contributed by atoms with E-state index >= 15 is 0 Å². The Labute approximate surface area is 68.7 Å². The molecule has 0 aliphatic heterocycles. The van der Waals surface area contributed by atoms with Crippen LogP contribution in [-0.4, -0.2) is 12.1 Å². The van der Waals surface area contributed by atoms with Crippen LogP contribution in [0.5, 0.6) is 0 Å². The van der Waals surface area contributed by atoms with E-state index < -0.39 is 0 Å². The first-order valence-corrected chi connectivity index (χ1v) is 4.90. The third kappa shape index (κ3) is 1.94. The van der Waals surface area contributed by atoms with E-state index in [0.717, 1.165) is 6.04 Å². The molecule has 0 unspecified atom stereocenters. The molecule has 2 fully saturated rings. The lowest BCUT2D eigenvalue weighted by molar-refractivity contribution is 0.272. The lowest BCUT2D eigenvalue weighted by Gasteiger charge is -2.27. The number of rotatable bonds is 3. The van der Waals surface area contributed by atoms with Crippen molar-refractivity contribution in [3.05, 3.63) is 0 Å². The summed E-state index contributed by atoms with van der Waals surface area (Å²) < 4.78 is 0. The van der Waals surface area contributed by atoms with Crippen LogP contribution >= 0.6 is 0 Å². The summed E-state index contributed by atoms with van der Waals surface area (Å²) in [7, 11) is 0. The van der Waals surface area contributed by atoms with E-state index in [9.17, 15) is 0 Å². The zero-order chi connectivity index (χ0) is 7.52. The van der Waals surface area contributed by atoms with Gasteiger partial charge in [-0.1, -0.05) is 19.3 Å². The second kappa shape index (κ2) is 3.55. The Balaban J connectivity index is 1.57. The Morgan fingerprint density at radius 3 is 2.18 bits per heavy atom. The number of hydrogen-bond acceptors (Lipinski definition) is 1. The molecule has 2 rings (SSSR count). The van der Waals surface area contributed by atoms with Crippen molar-refractivity contribution >= 4 is 0 Å². The molecule has 1 N–H and O–H groups in total. The van der Waals surface area contributed by atoms with Crippen LogP contribution in [0.2, 0.25) is 0 Å². The molecule has 0 saturated heterocycles. The summed E-state index contributed by atoms with van der Waals surface area (Å²) in [5, 5.41) is 0. The highest BCUT2D eigenvalue weighted by molar-refractivity contribution is 4.77. The van der Waals surface area contributed by atoms with E-state index in [0.29, 0.717) is 6.04 Å². The summed E-state index contributed by atoms with van der Waals surface area (Å²) in [6.07, 6.45) is 9.50. The molecule has 0 amide bonds. The van der Waals surface area contributed by atoms with Crippen molar-refractivity contribution in [1.29, 1.82) is 0 Å². The van der Waals surface area contributed by atoms with Gasteiger partial charge < -0.3 is 0 Å². The molecule has 2 heteroatoms. The molecule has 2 saturated carbocycles. The average Bonchev–Trinajstić information content (AvgIpc) is 2.36. The zero-order valence-corrected chi connectivity index (χ0v) is 7.05. The molecule has 11 heavy (non-hydrogen) atoms. The quantitative estimate of drug-likeness (QED) is 0.612. The van der Waals surface area contributed by atoms with Gasteiger partial charge in [-0.3, -0.25) is 0 Å².